The normalized spacial score (nSPS) is 17.7. The van der Waals surface area contributed by atoms with E-state index in [2.05, 4.69) is 27.3 Å². The molecule has 1 amide bonds. The molecule has 1 unspecified atom stereocenters. The van der Waals surface area contributed by atoms with Crippen LogP contribution in [-0.4, -0.2) is 65.6 Å². The molecule has 1 aliphatic heterocycles. The van der Waals surface area contributed by atoms with Gasteiger partial charge in [-0.25, -0.2) is 0 Å². The van der Waals surface area contributed by atoms with E-state index in [1.54, 1.807) is 0 Å². The van der Waals surface area contributed by atoms with Gasteiger partial charge in [0.2, 0.25) is 11.8 Å². The topological polar surface area (TPSA) is 74.5 Å². The number of carbonyl (C=O) groups is 1. The quantitative estimate of drug-likeness (QED) is 0.752. The second-order valence-electron chi connectivity index (χ2n) is 5.70. The number of hydrogen-bond donors (Lipinski definition) is 1. The number of rotatable bonds is 7. The molecule has 1 aliphatic rings. The fraction of sp³-hybridized carbons (Fsp3) is 0.800. The summed E-state index contributed by atoms with van der Waals surface area (Å²) in [5, 5.41) is 7.02. The van der Waals surface area contributed by atoms with Crippen molar-refractivity contribution in [1.82, 2.24) is 25.3 Å². The van der Waals surface area contributed by atoms with E-state index in [4.69, 9.17) is 4.52 Å². The molecule has 1 saturated heterocycles. The van der Waals surface area contributed by atoms with Gasteiger partial charge in [0.1, 0.15) is 0 Å². The Labute approximate surface area is 132 Å². The molecule has 0 spiro atoms. The van der Waals surface area contributed by atoms with E-state index < -0.39 is 0 Å². The van der Waals surface area contributed by atoms with Crippen LogP contribution < -0.4 is 5.32 Å². The average molecular weight is 309 g/mol. The lowest BCUT2D eigenvalue weighted by atomic mass is 10.2. The van der Waals surface area contributed by atoms with Crippen LogP contribution in [0, 0.1) is 0 Å². The van der Waals surface area contributed by atoms with Crippen molar-refractivity contribution in [3.8, 4) is 0 Å². The maximum atomic E-state index is 12.1. The highest BCUT2D eigenvalue weighted by Gasteiger charge is 2.27. The molecule has 7 heteroatoms. The highest BCUT2D eigenvalue weighted by molar-refractivity contribution is 5.76. The zero-order valence-electron chi connectivity index (χ0n) is 13.8. The molecule has 0 bridgehead atoms. The summed E-state index contributed by atoms with van der Waals surface area (Å²) in [4.78, 5) is 20.8. The molecule has 124 valence electrons. The Kier molecular flexibility index (Phi) is 6.33. The number of nitrogens with zero attached hydrogens (tertiary/aromatic N) is 4. The molecule has 0 radical (unpaired) electrons. The summed E-state index contributed by atoms with van der Waals surface area (Å²) in [5.74, 6) is 1.68. The first-order valence-electron chi connectivity index (χ1n) is 8.14. The Balaban J connectivity index is 1.79. The van der Waals surface area contributed by atoms with Gasteiger partial charge in [-0.05, 0) is 26.9 Å². The molecular weight excluding hydrogens is 282 g/mol. The minimum absolute atomic E-state index is 0.106. The summed E-state index contributed by atoms with van der Waals surface area (Å²) in [6, 6.07) is 0.106. The van der Waals surface area contributed by atoms with Crippen LogP contribution in [0.3, 0.4) is 0 Å². The first kappa shape index (κ1) is 16.9. The summed E-state index contributed by atoms with van der Waals surface area (Å²) in [5.41, 5.74) is 0. The molecule has 1 N–H and O–H groups in total. The zero-order valence-corrected chi connectivity index (χ0v) is 13.8. The highest BCUT2D eigenvalue weighted by Crippen LogP contribution is 2.20. The van der Waals surface area contributed by atoms with E-state index in [1.807, 2.05) is 18.9 Å². The molecule has 1 aromatic rings. The number of piperazine rings is 1. The summed E-state index contributed by atoms with van der Waals surface area (Å²) in [6.45, 7) is 8.23. The monoisotopic (exact) mass is 309 g/mol. The highest BCUT2D eigenvalue weighted by atomic mass is 16.5. The molecule has 2 heterocycles. The second-order valence-corrected chi connectivity index (χ2v) is 5.70. The van der Waals surface area contributed by atoms with Gasteiger partial charge < -0.3 is 14.7 Å². The molecule has 0 saturated carbocycles. The lowest BCUT2D eigenvalue weighted by Gasteiger charge is -2.36. The number of hydrogen-bond acceptors (Lipinski definition) is 6. The molecule has 7 nitrogen and oxygen atoms in total. The van der Waals surface area contributed by atoms with Crippen molar-refractivity contribution in [2.75, 3.05) is 39.8 Å². The van der Waals surface area contributed by atoms with Crippen LogP contribution in [0.1, 0.15) is 44.4 Å². The largest absolute Gasteiger partial charge is 0.340 e. The van der Waals surface area contributed by atoms with Crippen LogP contribution in [0.25, 0.3) is 0 Å². The summed E-state index contributed by atoms with van der Waals surface area (Å²) in [6.07, 6.45) is 2.30. The van der Waals surface area contributed by atoms with Crippen molar-refractivity contribution < 1.29 is 9.32 Å². The average Bonchev–Trinajstić information content (AvgIpc) is 3.03. The molecular formula is C15H27N5O2. The molecule has 2 rings (SSSR count). The van der Waals surface area contributed by atoms with Crippen LogP contribution in [0.4, 0.5) is 0 Å². The number of aromatic nitrogens is 2. The zero-order chi connectivity index (χ0) is 15.9. The maximum absolute atomic E-state index is 12.1. The molecule has 1 fully saturated rings. The molecule has 0 aromatic carbocycles. The smallest absolute Gasteiger partial charge is 0.243 e. The number of carbonyl (C=O) groups excluding carboxylic acids is 1. The maximum Gasteiger partial charge on any atom is 0.243 e. The first-order valence-corrected chi connectivity index (χ1v) is 8.14. The van der Waals surface area contributed by atoms with E-state index >= 15 is 0 Å². The van der Waals surface area contributed by atoms with Crippen molar-refractivity contribution in [3.63, 3.8) is 0 Å². The summed E-state index contributed by atoms with van der Waals surface area (Å²) < 4.78 is 5.32. The van der Waals surface area contributed by atoms with Crippen molar-refractivity contribution in [1.29, 1.82) is 0 Å². The second kappa shape index (κ2) is 8.24. The Morgan fingerprint density at radius 2 is 2.09 bits per heavy atom. The van der Waals surface area contributed by atoms with Gasteiger partial charge in [-0.3, -0.25) is 9.69 Å². The van der Waals surface area contributed by atoms with Crippen LogP contribution in [0.15, 0.2) is 4.52 Å². The SMILES string of the molecule is CCc1noc(C(C)N2CCN(C(=O)CCCNC)CC2)n1. The van der Waals surface area contributed by atoms with Gasteiger partial charge in [-0.15, -0.1) is 0 Å². The van der Waals surface area contributed by atoms with Crippen LogP contribution >= 0.6 is 0 Å². The van der Waals surface area contributed by atoms with E-state index in [0.717, 1.165) is 51.4 Å². The number of nitrogens with one attached hydrogen (secondary N) is 1. The third-order valence-corrected chi connectivity index (χ3v) is 4.19. The minimum atomic E-state index is 0.106. The van der Waals surface area contributed by atoms with Crippen molar-refractivity contribution >= 4 is 5.91 Å². The van der Waals surface area contributed by atoms with Gasteiger partial charge in [0.15, 0.2) is 5.82 Å². The predicted octanol–water partition coefficient (Wildman–Crippen LogP) is 0.837. The third-order valence-electron chi connectivity index (χ3n) is 4.19. The van der Waals surface area contributed by atoms with Crippen molar-refractivity contribution in [2.24, 2.45) is 0 Å². The van der Waals surface area contributed by atoms with E-state index in [9.17, 15) is 4.79 Å². The van der Waals surface area contributed by atoms with E-state index in [-0.39, 0.29) is 11.9 Å². The molecule has 1 atom stereocenters. The van der Waals surface area contributed by atoms with Crippen molar-refractivity contribution in [3.05, 3.63) is 11.7 Å². The third kappa shape index (κ3) is 4.27. The van der Waals surface area contributed by atoms with Gasteiger partial charge in [-0.1, -0.05) is 12.1 Å². The molecule has 0 aliphatic carbocycles. The van der Waals surface area contributed by atoms with Gasteiger partial charge in [0.25, 0.3) is 0 Å². The van der Waals surface area contributed by atoms with Crippen LogP contribution in [0.2, 0.25) is 0 Å². The summed E-state index contributed by atoms with van der Waals surface area (Å²) in [7, 11) is 1.91. The number of aryl methyl sites for hydroxylation is 1. The summed E-state index contributed by atoms with van der Waals surface area (Å²) >= 11 is 0. The first-order chi connectivity index (χ1) is 10.7. The fourth-order valence-electron chi connectivity index (χ4n) is 2.67. The predicted molar refractivity (Wildman–Crippen MR) is 83.4 cm³/mol. The molecule has 1 aromatic heterocycles. The lowest BCUT2D eigenvalue weighted by Crippen LogP contribution is -2.49. The van der Waals surface area contributed by atoms with E-state index in [1.165, 1.54) is 0 Å². The fourth-order valence-corrected chi connectivity index (χ4v) is 2.67. The number of amides is 1. The molecule has 22 heavy (non-hydrogen) atoms. The van der Waals surface area contributed by atoms with Crippen LogP contribution in [0.5, 0.6) is 0 Å². The van der Waals surface area contributed by atoms with Gasteiger partial charge in [-0.2, -0.15) is 4.98 Å². The standard InChI is InChI=1S/C15H27N5O2/c1-4-13-17-15(22-18-13)12(2)19-8-10-20(11-9-19)14(21)6-5-7-16-3/h12,16H,4-11H2,1-3H3. The van der Waals surface area contributed by atoms with Crippen molar-refractivity contribution in [2.45, 2.75) is 39.2 Å². The van der Waals surface area contributed by atoms with Gasteiger partial charge in [0.05, 0.1) is 6.04 Å². The Morgan fingerprint density at radius 1 is 1.36 bits per heavy atom. The van der Waals surface area contributed by atoms with Gasteiger partial charge in [0, 0.05) is 39.0 Å². The Bertz CT molecular complexity index is 468. The van der Waals surface area contributed by atoms with E-state index in [0.29, 0.717) is 12.3 Å². The van der Waals surface area contributed by atoms with Crippen LogP contribution in [-0.2, 0) is 11.2 Å². The minimum Gasteiger partial charge on any atom is -0.340 e. The lowest BCUT2D eigenvalue weighted by molar-refractivity contribution is -0.133. The van der Waals surface area contributed by atoms with Gasteiger partial charge >= 0.3 is 0 Å². The Morgan fingerprint density at radius 3 is 2.68 bits per heavy atom. The Hall–Kier alpha value is -1.47.